The van der Waals surface area contributed by atoms with E-state index >= 15 is 0 Å². The number of aryl methyl sites for hydroxylation is 1. The maximum atomic E-state index is 12.0. The molecule has 98 valence electrons. The van der Waals surface area contributed by atoms with Crippen LogP contribution in [0.25, 0.3) is 0 Å². The van der Waals surface area contributed by atoms with E-state index in [0.29, 0.717) is 25.9 Å². The van der Waals surface area contributed by atoms with Crippen LogP contribution in [-0.4, -0.2) is 40.0 Å². The van der Waals surface area contributed by atoms with Crippen molar-refractivity contribution in [3.8, 4) is 0 Å². The molecule has 2 heterocycles. The number of carboxylic acid groups (broad SMARTS) is 1. The summed E-state index contributed by atoms with van der Waals surface area (Å²) in [5.41, 5.74) is 0. The molecule has 1 aliphatic rings. The molecule has 1 aromatic rings. The number of thiazole rings is 1. The molecule has 2 rings (SSSR count). The van der Waals surface area contributed by atoms with Gasteiger partial charge in [-0.15, -0.1) is 11.3 Å². The number of nitrogens with zero attached hydrogens (tertiary/aromatic N) is 2. The lowest BCUT2D eigenvalue weighted by Crippen LogP contribution is -2.30. The highest BCUT2D eigenvalue weighted by atomic mass is 32.1. The second-order valence-corrected chi connectivity index (χ2v) is 5.63. The summed E-state index contributed by atoms with van der Waals surface area (Å²) in [6.07, 6.45) is 2.77. The number of hydrogen-bond donors (Lipinski definition) is 1. The number of rotatable bonds is 4. The summed E-state index contributed by atoms with van der Waals surface area (Å²) in [5, 5.41) is 11.9. The Hall–Kier alpha value is -1.43. The van der Waals surface area contributed by atoms with Crippen molar-refractivity contribution in [3.05, 3.63) is 16.6 Å². The van der Waals surface area contributed by atoms with Gasteiger partial charge in [0, 0.05) is 37.5 Å². The van der Waals surface area contributed by atoms with Crippen molar-refractivity contribution in [2.24, 2.45) is 11.8 Å². The Kier molecular flexibility index (Phi) is 3.96. The molecule has 5 nitrogen and oxygen atoms in total. The largest absolute Gasteiger partial charge is 0.481 e. The Morgan fingerprint density at radius 1 is 1.56 bits per heavy atom. The first kappa shape index (κ1) is 13.0. The van der Waals surface area contributed by atoms with E-state index in [1.807, 2.05) is 12.3 Å². The Bertz CT molecular complexity index is 433. The summed E-state index contributed by atoms with van der Waals surface area (Å²) < 4.78 is 0. The van der Waals surface area contributed by atoms with Gasteiger partial charge in [0.05, 0.1) is 10.9 Å². The summed E-state index contributed by atoms with van der Waals surface area (Å²) in [6, 6.07) is 0. The number of amides is 1. The normalized spacial score (nSPS) is 23.3. The summed E-state index contributed by atoms with van der Waals surface area (Å²) in [7, 11) is 0. The quantitative estimate of drug-likeness (QED) is 0.892. The van der Waals surface area contributed by atoms with Crippen molar-refractivity contribution < 1.29 is 14.7 Å². The number of carbonyl (C=O) groups is 2. The Morgan fingerprint density at radius 2 is 2.33 bits per heavy atom. The molecule has 0 bridgehead atoms. The Labute approximate surface area is 109 Å². The van der Waals surface area contributed by atoms with Gasteiger partial charge in [0.1, 0.15) is 0 Å². The predicted octanol–water partition coefficient (Wildman–Crippen LogP) is 1.25. The highest BCUT2D eigenvalue weighted by Crippen LogP contribution is 2.24. The fourth-order valence-electron chi connectivity index (χ4n) is 2.24. The summed E-state index contributed by atoms with van der Waals surface area (Å²) in [6.45, 7) is 2.77. The third-order valence-corrected chi connectivity index (χ3v) is 4.16. The molecule has 1 aromatic heterocycles. The van der Waals surface area contributed by atoms with Gasteiger partial charge in [-0.25, -0.2) is 4.98 Å². The molecule has 0 saturated carbocycles. The molecule has 18 heavy (non-hydrogen) atoms. The lowest BCUT2D eigenvalue weighted by atomic mass is 9.99. The number of likely N-dealkylation sites (tertiary alicyclic amines) is 1. The molecule has 0 radical (unpaired) electrons. The minimum Gasteiger partial charge on any atom is -0.481 e. The molecule has 1 amide bonds. The van der Waals surface area contributed by atoms with Crippen LogP contribution in [0, 0.1) is 11.8 Å². The number of carbonyl (C=O) groups excluding carboxylic acids is 1. The van der Waals surface area contributed by atoms with E-state index in [4.69, 9.17) is 5.11 Å². The van der Waals surface area contributed by atoms with Crippen molar-refractivity contribution in [2.45, 2.75) is 19.8 Å². The van der Waals surface area contributed by atoms with Gasteiger partial charge in [-0.2, -0.15) is 0 Å². The summed E-state index contributed by atoms with van der Waals surface area (Å²) in [5.74, 6) is -1.17. The van der Waals surface area contributed by atoms with Crippen molar-refractivity contribution in [1.82, 2.24) is 9.88 Å². The van der Waals surface area contributed by atoms with Crippen LogP contribution in [0.3, 0.4) is 0 Å². The average Bonchev–Trinajstić information content (AvgIpc) is 2.94. The molecule has 0 unspecified atom stereocenters. The lowest BCUT2D eigenvalue weighted by molar-refractivity contribution is -0.142. The SMILES string of the molecule is C[C@@H]1CN(C(=O)CCc2nccs2)C[C@H]1C(=O)O. The van der Waals surface area contributed by atoms with E-state index < -0.39 is 11.9 Å². The van der Waals surface area contributed by atoms with E-state index in [-0.39, 0.29) is 11.8 Å². The first-order valence-electron chi connectivity index (χ1n) is 5.97. The highest BCUT2D eigenvalue weighted by molar-refractivity contribution is 7.09. The van der Waals surface area contributed by atoms with Crippen LogP contribution < -0.4 is 0 Å². The van der Waals surface area contributed by atoms with Crippen LogP contribution in [0.5, 0.6) is 0 Å². The van der Waals surface area contributed by atoms with Crippen LogP contribution in [0.15, 0.2) is 11.6 Å². The van der Waals surface area contributed by atoms with E-state index in [1.165, 1.54) is 11.3 Å². The van der Waals surface area contributed by atoms with Crippen LogP contribution in [0.4, 0.5) is 0 Å². The zero-order valence-electron chi connectivity index (χ0n) is 10.2. The number of carboxylic acids is 1. The van der Waals surface area contributed by atoms with Crippen LogP contribution in [0.2, 0.25) is 0 Å². The summed E-state index contributed by atoms with van der Waals surface area (Å²) >= 11 is 1.54. The Morgan fingerprint density at radius 3 is 2.89 bits per heavy atom. The van der Waals surface area contributed by atoms with Crippen molar-refractivity contribution in [2.75, 3.05) is 13.1 Å². The Balaban J connectivity index is 1.85. The third kappa shape index (κ3) is 2.87. The third-order valence-electron chi connectivity index (χ3n) is 3.32. The van der Waals surface area contributed by atoms with Crippen LogP contribution >= 0.6 is 11.3 Å². The molecular weight excluding hydrogens is 252 g/mol. The zero-order chi connectivity index (χ0) is 13.1. The van der Waals surface area contributed by atoms with Gasteiger partial charge in [0.2, 0.25) is 5.91 Å². The van der Waals surface area contributed by atoms with Crippen molar-refractivity contribution in [1.29, 1.82) is 0 Å². The standard InChI is InChI=1S/C12H16N2O3S/c1-8-6-14(7-9(8)12(16)17)11(15)3-2-10-13-4-5-18-10/h4-5,8-9H,2-3,6-7H2,1H3,(H,16,17)/t8-,9-/m1/s1. The number of hydrogen-bond acceptors (Lipinski definition) is 4. The first-order valence-corrected chi connectivity index (χ1v) is 6.85. The maximum absolute atomic E-state index is 12.0. The smallest absolute Gasteiger partial charge is 0.308 e. The van der Waals surface area contributed by atoms with Crippen molar-refractivity contribution >= 4 is 23.2 Å². The van der Waals surface area contributed by atoms with Gasteiger partial charge in [0.25, 0.3) is 0 Å². The second kappa shape index (κ2) is 5.48. The molecule has 0 aromatic carbocycles. The van der Waals surface area contributed by atoms with Gasteiger partial charge >= 0.3 is 5.97 Å². The number of aliphatic carboxylic acids is 1. The van der Waals surface area contributed by atoms with Crippen LogP contribution in [0.1, 0.15) is 18.4 Å². The second-order valence-electron chi connectivity index (χ2n) is 4.65. The molecular formula is C12H16N2O3S. The minimum absolute atomic E-state index is 0.0285. The topological polar surface area (TPSA) is 70.5 Å². The predicted molar refractivity (Wildman–Crippen MR) is 67.3 cm³/mol. The van der Waals surface area contributed by atoms with Gasteiger partial charge in [-0.3, -0.25) is 9.59 Å². The number of aromatic nitrogens is 1. The zero-order valence-corrected chi connectivity index (χ0v) is 11.0. The molecule has 1 N–H and O–H groups in total. The van der Waals surface area contributed by atoms with E-state index in [9.17, 15) is 9.59 Å². The lowest BCUT2D eigenvalue weighted by Gasteiger charge is -2.15. The average molecular weight is 268 g/mol. The van der Waals surface area contributed by atoms with Crippen LogP contribution in [-0.2, 0) is 16.0 Å². The van der Waals surface area contributed by atoms with E-state index in [0.717, 1.165) is 5.01 Å². The maximum Gasteiger partial charge on any atom is 0.308 e. The van der Waals surface area contributed by atoms with Crippen molar-refractivity contribution in [3.63, 3.8) is 0 Å². The van der Waals surface area contributed by atoms with Gasteiger partial charge in [-0.05, 0) is 5.92 Å². The molecule has 6 heteroatoms. The minimum atomic E-state index is -0.808. The fraction of sp³-hybridized carbons (Fsp3) is 0.583. The molecule has 0 aliphatic carbocycles. The van der Waals surface area contributed by atoms with E-state index in [1.54, 1.807) is 11.1 Å². The van der Waals surface area contributed by atoms with Gasteiger partial charge in [-0.1, -0.05) is 6.92 Å². The fourth-order valence-corrected chi connectivity index (χ4v) is 2.86. The van der Waals surface area contributed by atoms with Gasteiger partial charge < -0.3 is 10.0 Å². The molecule has 2 atom stereocenters. The molecule has 1 fully saturated rings. The highest BCUT2D eigenvalue weighted by Gasteiger charge is 2.36. The summed E-state index contributed by atoms with van der Waals surface area (Å²) in [4.78, 5) is 28.7. The molecule has 0 spiro atoms. The first-order chi connectivity index (χ1) is 8.58. The molecule has 1 saturated heterocycles. The monoisotopic (exact) mass is 268 g/mol. The van der Waals surface area contributed by atoms with E-state index in [2.05, 4.69) is 4.98 Å². The molecule has 1 aliphatic heterocycles. The van der Waals surface area contributed by atoms with Gasteiger partial charge in [0.15, 0.2) is 0 Å².